The maximum Gasteiger partial charge on any atom is 0.309 e. The van der Waals surface area contributed by atoms with E-state index in [1.165, 1.54) is 0 Å². The monoisotopic (exact) mass is 416 g/mol. The van der Waals surface area contributed by atoms with E-state index in [1.807, 2.05) is 26.8 Å². The van der Waals surface area contributed by atoms with Crippen LogP contribution >= 0.6 is 0 Å². The quantitative estimate of drug-likeness (QED) is 0.537. The van der Waals surface area contributed by atoms with Gasteiger partial charge < -0.3 is 14.9 Å². The van der Waals surface area contributed by atoms with Gasteiger partial charge in [0.2, 0.25) is 0 Å². The third kappa shape index (κ3) is 2.21. The number of allylic oxidation sites excluding steroid dienone is 2. The van der Waals surface area contributed by atoms with Gasteiger partial charge in [-0.15, -0.1) is 0 Å². The zero-order valence-electron chi connectivity index (χ0n) is 18.7. The van der Waals surface area contributed by atoms with E-state index in [0.717, 1.165) is 37.7 Å². The summed E-state index contributed by atoms with van der Waals surface area (Å²) in [6, 6.07) is 0. The summed E-state index contributed by atoms with van der Waals surface area (Å²) in [4.78, 5) is 26.0. The van der Waals surface area contributed by atoms with Crippen LogP contribution in [0.25, 0.3) is 0 Å². The Labute approximate surface area is 179 Å². The Balaban J connectivity index is 1.64. The highest BCUT2D eigenvalue weighted by molar-refractivity contribution is 5.98. The summed E-state index contributed by atoms with van der Waals surface area (Å²) < 4.78 is 6.11. The van der Waals surface area contributed by atoms with E-state index in [2.05, 4.69) is 6.92 Å². The molecule has 1 heterocycles. The maximum absolute atomic E-state index is 13.7. The number of carboxylic acid groups (broad SMARTS) is 1. The zero-order valence-corrected chi connectivity index (χ0v) is 18.7. The van der Waals surface area contributed by atoms with Crippen LogP contribution in [0.15, 0.2) is 11.6 Å². The Morgan fingerprint density at radius 1 is 1.07 bits per heavy atom. The van der Waals surface area contributed by atoms with Crippen molar-refractivity contribution in [1.82, 2.24) is 0 Å². The minimum absolute atomic E-state index is 0.0614. The first-order chi connectivity index (χ1) is 14.1. The molecule has 0 aromatic rings. The number of ether oxygens (including phenoxy) is 1. The molecule has 30 heavy (non-hydrogen) atoms. The van der Waals surface area contributed by atoms with Gasteiger partial charge in [-0.25, -0.2) is 0 Å². The van der Waals surface area contributed by atoms with Gasteiger partial charge in [0.15, 0.2) is 5.78 Å². The van der Waals surface area contributed by atoms with Crippen molar-refractivity contribution in [2.45, 2.75) is 84.3 Å². The smallest absolute Gasteiger partial charge is 0.309 e. The second-order valence-electron chi connectivity index (χ2n) is 11.5. The number of Topliss-reactive ketones (excluding diaryl/α,β-unsaturated/α-hetero) is 1. The molecule has 1 aliphatic heterocycles. The first-order valence-corrected chi connectivity index (χ1v) is 11.8. The summed E-state index contributed by atoms with van der Waals surface area (Å²) in [5.41, 5.74) is -0.962. The van der Waals surface area contributed by atoms with Crippen molar-refractivity contribution >= 4 is 11.8 Å². The number of carbonyl (C=O) groups is 2. The molecule has 5 fully saturated rings. The zero-order chi connectivity index (χ0) is 21.7. The van der Waals surface area contributed by atoms with Crippen molar-refractivity contribution in [3.63, 3.8) is 0 Å². The number of aliphatic carboxylic acids is 1. The topological polar surface area (TPSA) is 87.1 Å². The number of hydrogen-bond acceptors (Lipinski definition) is 4. The lowest BCUT2D eigenvalue weighted by molar-refractivity contribution is -0.217. The molecule has 0 aromatic heterocycles. The molecule has 5 aliphatic rings. The molecule has 9 atom stereocenters. The lowest BCUT2D eigenvalue weighted by atomic mass is 9.39. The van der Waals surface area contributed by atoms with Crippen LogP contribution in [0.2, 0.25) is 0 Å². The fourth-order valence-electron chi connectivity index (χ4n) is 9.12. The molecule has 5 heteroatoms. The van der Waals surface area contributed by atoms with Gasteiger partial charge in [0.1, 0.15) is 5.60 Å². The molecule has 0 amide bonds. The highest BCUT2D eigenvalue weighted by Crippen LogP contribution is 2.77. The standard InChI is InChI=1S/C25H36O5/c1-5-14(2)19(27)20-24-11-8-16-22(3,21(28)29)10-9-18(26)23(16,4)17(24)7-6-15(12-24)25(20)13-30-25/h5,15-18,20,26H,6-13H2,1-4H3,(H,28,29)/b14-5-/t15-,16-,17+,18+,20-,22-,23-,24-,25+/m1/s1. The third-order valence-corrected chi connectivity index (χ3v) is 10.8. The SMILES string of the molecule is C/C=C(/C)C(=O)[C@@H]1[C@@]23CC[C@H]4[C@](C)([C@@H]2CC[C@H](C3)[C@@]12CO2)[C@@H](O)CC[C@@]4(C)C(=O)O. The van der Waals surface area contributed by atoms with Crippen LogP contribution in [0.3, 0.4) is 0 Å². The van der Waals surface area contributed by atoms with Gasteiger partial charge in [0.25, 0.3) is 0 Å². The summed E-state index contributed by atoms with van der Waals surface area (Å²) in [5.74, 6) is -0.149. The number of epoxide rings is 1. The Bertz CT molecular complexity index is 827. The van der Waals surface area contributed by atoms with Crippen LogP contribution in [-0.4, -0.2) is 40.3 Å². The number of aliphatic hydroxyl groups excluding tert-OH is 1. The molecule has 1 saturated heterocycles. The number of rotatable bonds is 3. The van der Waals surface area contributed by atoms with Gasteiger partial charge >= 0.3 is 5.97 Å². The van der Waals surface area contributed by atoms with Crippen molar-refractivity contribution in [1.29, 1.82) is 0 Å². The van der Waals surface area contributed by atoms with Crippen LogP contribution in [0, 0.1) is 39.9 Å². The first kappa shape index (κ1) is 20.7. The second-order valence-corrected chi connectivity index (χ2v) is 11.5. The number of ketones is 1. The molecule has 5 rings (SSSR count). The number of carbonyl (C=O) groups excluding carboxylic acids is 1. The Morgan fingerprint density at radius 2 is 1.77 bits per heavy atom. The van der Waals surface area contributed by atoms with Crippen molar-refractivity contribution in [2.24, 2.45) is 39.9 Å². The van der Waals surface area contributed by atoms with E-state index in [4.69, 9.17) is 4.74 Å². The molecule has 0 aromatic carbocycles. The van der Waals surface area contributed by atoms with Gasteiger partial charge in [0, 0.05) is 5.41 Å². The highest BCUT2D eigenvalue weighted by Gasteiger charge is 2.78. The van der Waals surface area contributed by atoms with Gasteiger partial charge in [-0.1, -0.05) is 13.0 Å². The van der Waals surface area contributed by atoms with Crippen molar-refractivity contribution in [2.75, 3.05) is 6.61 Å². The molecular weight excluding hydrogens is 380 g/mol. The van der Waals surface area contributed by atoms with Crippen molar-refractivity contribution < 1.29 is 24.5 Å². The van der Waals surface area contributed by atoms with Crippen LogP contribution in [0.1, 0.15) is 72.6 Å². The summed E-state index contributed by atoms with van der Waals surface area (Å²) in [6.45, 7) is 8.55. The maximum atomic E-state index is 13.7. The van der Waals surface area contributed by atoms with E-state index in [0.29, 0.717) is 25.4 Å². The first-order valence-electron chi connectivity index (χ1n) is 11.8. The number of carboxylic acids is 1. The Morgan fingerprint density at radius 3 is 2.37 bits per heavy atom. The minimum atomic E-state index is -0.808. The van der Waals surface area contributed by atoms with E-state index in [1.54, 1.807) is 0 Å². The molecule has 4 saturated carbocycles. The predicted octanol–water partition coefficient (Wildman–Crippen LogP) is 3.99. The molecule has 0 unspecified atom stereocenters. The van der Waals surface area contributed by atoms with E-state index < -0.39 is 22.9 Å². The molecular formula is C25H36O5. The molecule has 2 spiro atoms. The van der Waals surface area contributed by atoms with Gasteiger partial charge in [0.05, 0.1) is 24.0 Å². The van der Waals surface area contributed by atoms with Gasteiger partial charge in [-0.2, -0.15) is 0 Å². The Kier molecular flexibility index (Phi) is 4.27. The average molecular weight is 417 g/mol. The van der Waals surface area contributed by atoms with Crippen LogP contribution in [-0.2, 0) is 14.3 Å². The van der Waals surface area contributed by atoms with Crippen LogP contribution in [0.5, 0.6) is 0 Å². The van der Waals surface area contributed by atoms with E-state index in [9.17, 15) is 19.8 Å². The summed E-state index contributed by atoms with van der Waals surface area (Å²) in [7, 11) is 0. The highest BCUT2D eigenvalue weighted by atomic mass is 16.6. The number of hydrogen-bond donors (Lipinski definition) is 2. The average Bonchev–Trinajstić information content (AvgIpc) is 3.48. The largest absolute Gasteiger partial charge is 0.481 e. The van der Waals surface area contributed by atoms with Crippen LogP contribution < -0.4 is 0 Å². The fraction of sp³-hybridized carbons (Fsp3) is 0.840. The van der Waals surface area contributed by atoms with Crippen molar-refractivity contribution in [3.8, 4) is 0 Å². The molecule has 2 N–H and O–H groups in total. The third-order valence-electron chi connectivity index (χ3n) is 10.8. The van der Waals surface area contributed by atoms with Crippen LogP contribution in [0.4, 0.5) is 0 Å². The second kappa shape index (κ2) is 6.19. The molecule has 0 radical (unpaired) electrons. The number of aliphatic hydroxyl groups is 1. The van der Waals surface area contributed by atoms with Crippen molar-refractivity contribution in [3.05, 3.63) is 11.6 Å². The van der Waals surface area contributed by atoms with E-state index in [-0.39, 0.29) is 34.6 Å². The van der Waals surface area contributed by atoms with Gasteiger partial charge in [-0.05, 0) is 94.5 Å². The molecule has 5 nitrogen and oxygen atoms in total. The Hall–Kier alpha value is -1.20. The summed E-state index contributed by atoms with van der Waals surface area (Å²) in [5, 5.41) is 21.5. The minimum Gasteiger partial charge on any atom is -0.481 e. The normalized spacial score (nSPS) is 54.4. The predicted molar refractivity (Wildman–Crippen MR) is 112 cm³/mol. The van der Waals surface area contributed by atoms with Gasteiger partial charge in [-0.3, -0.25) is 9.59 Å². The molecule has 166 valence electrons. The summed E-state index contributed by atoms with van der Waals surface area (Å²) >= 11 is 0. The number of fused-ring (bicyclic) bond motifs is 4. The molecule has 4 aliphatic carbocycles. The lowest BCUT2D eigenvalue weighted by Gasteiger charge is -2.65. The summed E-state index contributed by atoms with van der Waals surface area (Å²) in [6.07, 6.45) is 7.08. The fourth-order valence-corrected chi connectivity index (χ4v) is 9.12. The van der Waals surface area contributed by atoms with E-state index >= 15 is 0 Å². The lowest BCUT2D eigenvalue weighted by Crippen LogP contribution is -2.64. The molecule has 2 bridgehead atoms.